The maximum Gasteiger partial charge on any atom is 0.0489 e. The van der Waals surface area contributed by atoms with Crippen LogP contribution in [0.5, 0.6) is 0 Å². The highest BCUT2D eigenvalue weighted by atomic mass is 15.2. The second-order valence-electron chi connectivity index (χ2n) is 6.67. The third kappa shape index (κ3) is 2.49. The monoisotopic (exact) mass is 283 g/mol. The second-order valence-corrected chi connectivity index (χ2v) is 6.67. The number of benzene rings is 1. The van der Waals surface area contributed by atoms with Gasteiger partial charge in [0.05, 0.1) is 0 Å². The molecule has 4 rings (SSSR count). The number of H-pyrrole nitrogens is 1. The molecule has 21 heavy (non-hydrogen) atoms. The van der Waals surface area contributed by atoms with E-state index in [4.69, 9.17) is 0 Å². The smallest absolute Gasteiger partial charge is 0.0489 e. The number of aromatic amines is 1. The molecule has 3 heterocycles. The summed E-state index contributed by atoms with van der Waals surface area (Å²) in [4.78, 5) is 6.14. The number of aryl methyl sites for hydroxylation is 1. The van der Waals surface area contributed by atoms with E-state index in [0.29, 0.717) is 6.04 Å². The molecule has 2 N–H and O–H groups in total. The van der Waals surface area contributed by atoms with Crippen LogP contribution in [0, 0.1) is 0 Å². The van der Waals surface area contributed by atoms with Crippen molar-refractivity contribution >= 4 is 10.9 Å². The molecular formula is C18H25N3. The van der Waals surface area contributed by atoms with Crippen LogP contribution < -0.4 is 5.32 Å². The first-order valence-electron chi connectivity index (χ1n) is 8.39. The molecule has 2 aromatic rings. The molecule has 2 atom stereocenters. The number of likely N-dealkylation sites (tertiary alicyclic amines) is 1. The minimum absolute atomic E-state index is 0.717. The Morgan fingerprint density at radius 1 is 1.14 bits per heavy atom. The molecule has 2 bridgehead atoms. The third-order valence-electron chi connectivity index (χ3n) is 5.27. The van der Waals surface area contributed by atoms with Crippen LogP contribution in [-0.4, -0.2) is 35.1 Å². The van der Waals surface area contributed by atoms with E-state index in [9.17, 15) is 0 Å². The Morgan fingerprint density at radius 2 is 2.05 bits per heavy atom. The minimum atomic E-state index is 0.717. The Morgan fingerprint density at radius 3 is 2.95 bits per heavy atom. The summed E-state index contributed by atoms with van der Waals surface area (Å²) in [5.74, 6) is 0. The molecule has 0 amide bonds. The number of rotatable bonds is 3. The van der Waals surface area contributed by atoms with Crippen molar-refractivity contribution in [3.8, 4) is 0 Å². The number of para-hydroxylation sites is 1. The summed E-state index contributed by atoms with van der Waals surface area (Å²) in [7, 11) is 0. The predicted octanol–water partition coefficient (Wildman–Crippen LogP) is 3.06. The van der Waals surface area contributed by atoms with E-state index in [1.807, 2.05) is 0 Å². The van der Waals surface area contributed by atoms with Crippen molar-refractivity contribution < 1.29 is 0 Å². The van der Waals surface area contributed by atoms with E-state index in [2.05, 4.69) is 46.5 Å². The largest absolute Gasteiger partial charge is 0.361 e. The summed E-state index contributed by atoms with van der Waals surface area (Å²) in [6, 6.07) is 8.19. The molecule has 2 aliphatic heterocycles. The van der Waals surface area contributed by atoms with Crippen LogP contribution in [0.2, 0.25) is 0 Å². The first-order chi connectivity index (χ1) is 10.3. The number of nitrogens with one attached hydrogen (secondary N) is 2. The molecule has 0 spiro atoms. The minimum Gasteiger partial charge on any atom is -0.361 e. The standard InChI is InChI=1S/C18H25N3/c1-2-13-4-3-5-17-14(10-19-18(13)17)11-21-9-8-15-6-7-16(12-21)20-15/h3-5,10,15-16,19-20H,2,6-9,11-12H2,1H3. The summed E-state index contributed by atoms with van der Waals surface area (Å²) >= 11 is 0. The van der Waals surface area contributed by atoms with Gasteiger partial charge in [0.2, 0.25) is 0 Å². The maximum absolute atomic E-state index is 3.77. The summed E-state index contributed by atoms with van der Waals surface area (Å²) < 4.78 is 0. The van der Waals surface area contributed by atoms with Gasteiger partial charge in [0, 0.05) is 48.8 Å². The van der Waals surface area contributed by atoms with Gasteiger partial charge < -0.3 is 10.3 Å². The average molecular weight is 283 g/mol. The summed E-state index contributed by atoms with van der Waals surface area (Å²) in [5.41, 5.74) is 4.22. The zero-order chi connectivity index (χ0) is 14.2. The van der Waals surface area contributed by atoms with Gasteiger partial charge in [-0.1, -0.05) is 25.1 Å². The van der Waals surface area contributed by atoms with Crippen molar-refractivity contribution in [1.82, 2.24) is 15.2 Å². The van der Waals surface area contributed by atoms with Gasteiger partial charge in [-0.05, 0) is 36.8 Å². The average Bonchev–Trinajstić information content (AvgIpc) is 3.05. The summed E-state index contributed by atoms with van der Waals surface area (Å²) in [5, 5.41) is 5.18. The van der Waals surface area contributed by atoms with Gasteiger partial charge in [-0.15, -0.1) is 0 Å². The molecule has 2 unspecified atom stereocenters. The topological polar surface area (TPSA) is 31.1 Å². The fourth-order valence-electron chi connectivity index (χ4n) is 4.10. The zero-order valence-electron chi connectivity index (χ0n) is 12.9. The van der Waals surface area contributed by atoms with Gasteiger partial charge >= 0.3 is 0 Å². The highest BCUT2D eigenvalue weighted by Gasteiger charge is 2.29. The summed E-state index contributed by atoms with van der Waals surface area (Å²) in [6.45, 7) is 5.75. The van der Waals surface area contributed by atoms with Crippen LogP contribution in [0.15, 0.2) is 24.4 Å². The van der Waals surface area contributed by atoms with Gasteiger partial charge in [0.15, 0.2) is 0 Å². The van der Waals surface area contributed by atoms with Crippen molar-refractivity contribution in [2.75, 3.05) is 13.1 Å². The predicted molar refractivity (Wildman–Crippen MR) is 87.5 cm³/mol. The summed E-state index contributed by atoms with van der Waals surface area (Å²) in [6.07, 6.45) is 7.36. The van der Waals surface area contributed by atoms with E-state index in [1.54, 1.807) is 0 Å². The zero-order valence-corrected chi connectivity index (χ0v) is 12.9. The lowest BCUT2D eigenvalue weighted by atomic mass is 10.1. The molecule has 1 aromatic heterocycles. The molecular weight excluding hydrogens is 258 g/mol. The van der Waals surface area contributed by atoms with E-state index in [0.717, 1.165) is 19.0 Å². The van der Waals surface area contributed by atoms with Crippen LogP contribution in [0.4, 0.5) is 0 Å². The number of hydrogen-bond acceptors (Lipinski definition) is 2. The van der Waals surface area contributed by atoms with Crippen LogP contribution in [-0.2, 0) is 13.0 Å². The number of aromatic nitrogens is 1. The van der Waals surface area contributed by atoms with Crippen molar-refractivity contribution in [3.05, 3.63) is 35.5 Å². The Balaban J connectivity index is 1.57. The molecule has 0 radical (unpaired) electrons. The molecule has 1 aromatic carbocycles. The third-order valence-corrected chi connectivity index (χ3v) is 5.27. The van der Waals surface area contributed by atoms with Crippen molar-refractivity contribution in [2.24, 2.45) is 0 Å². The van der Waals surface area contributed by atoms with Gasteiger partial charge in [-0.2, -0.15) is 0 Å². The van der Waals surface area contributed by atoms with Gasteiger partial charge in [0.25, 0.3) is 0 Å². The van der Waals surface area contributed by atoms with E-state index in [1.165, 1.54) is 54.4 Å². The molecule has 3 nitrogen and oxygen atoms in total. The number of nitrogens with zero attached hydrogens (tertiary/aromatic N) is 1. The Bertz CT molecular complexity index is 630. The fraction of sp³-hybridized carbons (Fsp3) is 0.556. The van der Waals surface area contributed by atoms with Gasteiger partial charge in [-0.25, -0.2) is 0 Å². The quantitative estimate of drug-likeness (QED) is 0.907. The Kier molecular flexibility index (Phi) is 3.48. The Labute approximate surface area is 126 Å². The first kappa shape index (κ1) is 13.4. The van der Waals surface area contributed by atoms with E-state index >= 15 is 0 Å². The molecule has 3 heteroatoms. The van der Waals surface area contributed by atoms with E-state index < -0.39 is 0 Å². The lowest BCUT2D eigenvalue weighted by Gasteiger charge is -2.23. The highest BCUT2D eigenvalue weighted by molar-refractivity contribution is 5.86. The van der Waals surface area contributed by atoms with Crippen molar-refractivity contribution in [2.45, 2.75) is 51.2 Å². The van der Waals surface area contributed by atoms with Crippen LogP contribution in [0.3, 0.4) is 0 Å². The normalized spacial score (nSPS) is 26.3. The van der Waals surface area contributed by atoms with E-state index in [-0.39, 0.29) is 0 Å². The number of hydrogen-bond donors (Lipinski definition) is 2. The van der Waals surface area contributed by atoms with Crippen LogP contribution in [0.1, 0.15) is 37.3 Å². The molecule has 2 saturated heterocycles. The van der Waals surface area contributed by atoms with Crippen LogP contribution in [0.25, 0.3) is 10.9 Å². The molecule has 2 aliphatic rings. The van der Waals surface area contributed by atoms with Crippen LogP contribution >= 0.6 is 0 Å². The molecule has 2 fully saturated rings. The van der Waals surface area contributed by atoms with Gasteiger partial charge in [0.1, 0.15) is 0 Å². The lowest BCUT2D eigenvalue weighted by molar-refractivity contribution is 0.252. The Hall–Kier alpha value is -1.32. The molecule has 0 aliphatic carbocycles. The highest BCUT2D eigenvalue weighted by Crippen LogP contribution is 2.26. The van der Waals surface area contributed by atoms with Crippen molar-refractivity contribution in [3.63, 3.8) is 0 Å². The molecule has 0 saturated carbocycles. The van der Waals surface area contributed by atoms with Crippen molar-refractivity contribution in [1.29, 1.82) is 0 Å². The first-order valence-corrected chi connectivity index (χ1v) is 8.39. The lowest BCUT2D eigenvalue weighted by Crippen LogP contribution is -2.34. The fourth-order valence-corrected chi connectivity index (χ4v) is 4.10. The van der Waals surface area contributed by atoms with Gasteiger partial charge in [-0.3, -0.25) is 4.90 Å². The SMILES string of the molecule is CCc1cccc2c(CN3CCC4CCC(C3)N4)c[nH]c12. The molecule has 112 valence electrons. The number of fused-ring (bicyclic) bond motifs is 3. The maximum atomic E-state index is 3.77. The second kappa shape index (κ2) is 5.47.